The lowest BCUT2D eigenvalue weighted by molar-refractivity contribution is -0.130. The topological polar surface area (TPSA) is 130 Å². The fourth-order valence-corrected chi connectivity index (χ4v) is 2.03. The summed E-state index contributed by atoms with van der Waals surface area (Å²) in [5.41, 5.74) is 14.9. The highest BCUT2D eigenvalue weighted by Gasteiger charge is 2.19. The van der Waals surface area contributed by atoms with E-state index >= 15 is 0 Å². The molecule has 0 saturated heterocycles. The van der Waals surface area contributed by atoms with Crippen molar-refractivity contribution in [2.24, 2.45) is 5.73 Å². The lowest BCUT2D eigenvalue weighted by Gasteiger charge is -2.14. The minimum absolute atomic E-state index is 0.144. The monoisotopic (exact) mass is 362 g/mol. The zero-order valence-corrected chi connectivity index (χ0v) is 14.3. The van der Waals surface area contributed by atoms with Crippen molar-refractivity contribution in [2.75, 3.05) is 12.3 Å². The summed E-state index contributed by atoms with van der Waals surface area (Å²) < 4.78 is 0. The number of nitrogens with one attached hydrogen (secondary N) is 2. The summed E-state index contributed by atoms with van der Waals surface area (Å²) in [6.45, 7) is -0.144. The average molecular weight is 362 g/mol. The van der Waals surface area contributed by atoms with Crippen molar-refractivity contribution in [2.45, 2.75) is 6.04 Å². The number of nitrogen functional groups attached to an aromatic ring is 1. The summed E-state index contributed by atoms with van der Waals surface area (Å²) >= 11 is 0. The Balaban J connectivity index is 2.00. The van der Waals surface area contributed by atoms with Crippen molar-refractivity contribution in [3.8, 4) is 23.7 Å². The maximum Gasteiger partial charge on any atom is 0.267 e. The van der Waals surface area contributed by atoms with Crippen molar-refractivity contribution in [1.82, 2.24) is 10.8 Å². The maximum atomic E-state index is 12.1. The van der Waals surface area contributed by atoms with Gasteiger partial charge in [0.1, 0.15) is 6.04 Å². The van der Waals surface area contributed by atoms with Gasteiger partial charge in [0, 0.05) is 28.9 Å². The summed E-state index contributed by atoms with van der Waals surface area (Å²) in [5.74, 6) is 9.99. The van der Waals surface area contributed by atoms with Crippen molar-refractivity contribution in [3.63, 3.8) is 0 Å². The number of benzene rings is 2. The van der Waals surface area contributed by atoms with Crippen LogP contribution in [0.2, 0.25) is 0 Å². The smallest absolute Gasteiger partial charge is 0.267 e. The van der Waals surface area contributed by atoms with Crippen LogP contribution in [-0.2, 0) is 4.79 Å². The van der Waals surface area contributed by atoms with E-state index in [4.69, 9.17) is 16.7 Å². The van der Waals surface area contributed by atoms with E-state index in [0.717, 1.165) is 5.56 Å². The molecule has 0 unspecified atom stereocenters. The van der Waals surface area contributed by atoms with Crippen LogP contribution in [0.25, 0.3) is 0 Å². The molecule has 0 fully saturated rings. The summed E-state index contributed by atoms with van der Waals surface area (Å²) in [5, 5.41) is 11.0. The Morgan fingerprint density at radius 1 is 0.963 bits per heavy atom. The fourth-order valence-electron chi connectivity index (χ4n) is 2.03. The molecule has 7 heteroatoms. The summed E-state index contributed by atoms with van der Waals surface area (Å²) in [6, 6.07) is 12.6. The van der Waals surface area contributed by atoms with Gasteiger partial charge in [-0.1, -0.05) is 11.8 Å². The first kappa shape index (κ1) is 19.5. The first-order valence-corrected chi connectivity index (χ1v) is 7.96. The highest BCUT2D eigenvalue weighted by Crippen LogP contribution is 2.05. The second-order valence-electron chi connectivity index (χ2n) is 5.44. The van der Waals surface area contributed by atoms with Crippen molar-refractivity contribution in [3.05, 3.63) is 65.2 Å². The molecule has 136 valence electrons. The number of nitrogens with two attached hydrogens (primary N) is 2. The average Bonchev–Trinajstić information content (AvgIpc) is 2.70. The summed E-state index contributed by atoms with van der Waals surface area (Å²) in [7, 11) is 0. The Hall–Kier alpha value is -3.78. The molecule has 2 aromatic carbocycles. The van der Waals surface area contributed by atoms with Gasteiger partial charge >= 0.3 is 0 Å². The summed E-state index contributed by atoms with van der Waals surface area (Å²) in [6.07, 6.45) is 0. The third-order valence-corrected chi connectivity index (χ3v) is 3.50. The van der Waals surface area contributed by atoms with Crippen LogP contribution in [0.3, 0.4) is 0 Å². The van der Waals surface area contributed by atoms with Gasteiger partial charge in [-0.2, -0.15) is 0 Å². The predicted octanol–water partition coefficient (Wildman–Crippen LogP) is 0.234. The Labute approximate surface area is 156 Å². The standard InChI is InChI=1S/C20H18N4O3/c21-13-18(20(26)24-27)23-19(25)16-9-5-14(6-10-16)3-1-2-4-15-7-11-17(22)12-8-15/h5-12,18,27H,13,21-22H2,(H,23,25)(H,24,26)/t18-/m0/s1. The highest BCUT2D eigenvalue weighted by molar-refractivity contribution is 5.97. The van der Waals surface area contributed by atoms with Crippen molar-refractivity contribution in [1.29, 1.82) is 0 Å². The number of carbonyl (C=O) groups excluding carboxylic acids is 2. The molecule has 0 radical (unpaired) electrons. The van der Waals surface area contributed by atoms with E-state index in [0.29, 0.717) is 16.8 Å². The Bertz CT molecular complexity index is 930. The molecule has 0 saturated carbocycles. The molecule has 0 aromatic heterocycles. The largest absolute Gasteiger partial charge is 0.399 e. The minimum atomic E-state index is -1.02. The van der Waals surface area contributed by atoms with Gasteiger partial charge < -0.3 is 16.8 Å². The zero-order valence-electron chi connectivity index (χ0n) is 14.3. The third-order valence-electron chi connectivity index (χ3n) is 3.50. The van der Waals surface area contributed by atoms with E-state index in [1.165, 1.54) is 5.48 Å². The molecule has 27 heavy (non-hydrogen) atoms. The van der Waals surface area contributed by atoms with Crippen LogP contribution in [0.4, 0.5) is 5.69 Å². The third kappa shape index (κ3) is 5.91. The van der Waals surface area contributed by atoms with Crippen LogP contribution in [0.15, 0.2) is 48.5 Å². The first-order chi connectivity index (χ1) is 13.0. The molecule has 7 nitrogen and oxygen atoms in total. The normalized spacial score (nSPS) is 10.4. The van der Waals surface area contributed by atoms with Crippen LogP contribution >= 0.6 is 0 Å². The lowest BCUT2D eigenvalue weighted by Crippen LogP contribution is -2.50. The summed E-state index contributed by atoms with van der Waals surface area (Å²) in [4.78, 5) is 23.4. The Kier molecular flexibility index (Phi) is 6.98. The van der Waals surface area contributed by atoms with Gasteiger partial charge in [0.25, 0.3) is 11.8 Å². The number of hydroxylamine groups is 1. The van der Waals surface area contributed by atoms with Crippen LogP contribution in [0.5, 0.6) is 0 Å². The van der Waals surface area contributed by atoms with E-state index in [9.17, 15) is 9.59 Å². The van der Waals surface area contributed by atoms with Gasteiger partial charge in [0.2, 0.25) is 0 Å². The molecule has 7 N–H and O–H groups in total. The molecule has 0 aliphatic heterocycles. The lowest BCUT2D eigenvalue weighted by atomic mass is 10.1. The molecule has 2 rings (SSSR count). The molecular formula is C20H18N4O3. The molecule has 0 spiro atoms. The van der Waals surface area contributed by atoms with Gasteiger partial charge in [-0.15, -0.1) is 0 Å². The highest BCUT2D eigenvalue weighted by atomic mass is 16.5. The van der Waals surface area contributed by atoms with Crippen LogP contribution in [0.1, 0.15) is 21.5 Å². The molecule has 0 heterocycles. The predicted molar refractivity (Wildman–Crippen MR) is 101 cm³/mol. The number of amides is 2. The second-order valence-corrected chi connectivity index (χ2v) is 5.44. The van der Waals surface area contributed by atoms with Gasteiger partial charge in [-0.25, -0.2) is 5.48 Å². The molecule has 1 atom stereocenters. The number of anilines is 1. The number of carbonyl (C=O) groups is 2. The van der Waals surface area contributed by atoms with E-state index in [1.54, 1.807) is 36.4 Å². The molecule has 0 aliphatic carbocycles. The van der Waals surface area contributed by atoms with Crippen molar-refractivity contribution >= 4 is 17.5 Å². The van der Waals surface area contributed by atoms with Crippen LogP contribution in [-0.4, -0.2) is 29.6 Å². The van der Waals surface area contributed by atoms with Gasteiger partial charge in [0.15, 0.2) is 0 Å². The SMILES string of the molecule is NC[C@H](NC(=O)c1ccc(C#CC#Cc2ccc(N)cc2)cc1)C(=O)NO. The quantitative estimate of drug-likeness (QED) is 0.230. The first-order valence-electron chi connectivity index (χ1n) is 7.96. The van der Waals surface area contributed by atoms with Gasteiger partial charge in [-0.05, 0) is 60.4 Å². The number of hydrogen-bond acceptors (Lipinski definition) is 5. The van der Waals surface area contributed by atoms with E-state index < -0.39 is 17.9 Å². The maximum absolute atomic E-state index is 12.1. The van der Waals surface area contributed by atoms with Gasteiger partial charge in [0.05, 0.1) is 0 Å². The minimum Gasteiger partial charge on any atom is -0.399 e. The molecule has 0 aliphatic rings. The number of hydrogen-bond donors (Lipinski definition) is 5. The van der Waals surface area contributed by atoms with Crippen LogP contribution in [0, 0.1) is 23.7 Å². The number of rotatable bonds is 4. The molecule has 2 amide bonds. The van der Waals surface area contributed by atoms with Crippen molar-refractivity contribution < 1.29 is 14.8 Å². The van der Waals surface area contributed by atoms with E-state index in [2.05, 4.69) is 29.0 Å². The Morgan fingerprint density at radius 3 is 1.96 bits per heavy atom. The van der Waals surface area contributed by atoms with Crippen LogP contribution < -0.4 is 22.3 Å². The van der Waals surface area contributed by atoms with E-state index in [1.807, 2.05) is 12.1 Å². The fraction of sp³-hybridized carbons (Fsp3) is 0.100. The molecule has 2 aromatic rings. The Morgan fingerprint density at radius 2 is 1.48 bits per heavy atom. The zero-order chi connectivity index (χ0) is 19.6. The molecular weight excluding hydrogens is 344 g/mol. The van der Waals surface area contributed by atoms with E-state index in [-0.39, 0.29) is 6.54 Å². The molecule has 0 bridgehead atoms. The van der Waals surface area contributed by atoms with Gasteiger partial charge in [-0.3, -0.25) is 14.8 Å². The second kappa shape index (κ2) is 9.64.